The van der Waals surface area contributed by atoms with Crippen LogP contribution in [0, 0.1) is 0 Å². The average molecular weight is 306 g/mol. The van der Waals surface area contributed by atoms with Gasteiger partial charge in [0.1, 0.15) is 5.41 Å². The van der Waals surface area contributed by atoms with Gasteiger partial charge in [-0.3, -0.25) is 9.98 Å². The summed E-state index contributed by atoms with van der Waals surface area (Å²) in [5, 5.41) is 9.03. The maximum absolute atomic E-state index is 13.8. The zero-order valence-electron chi connectivity index (χ0n) is 11.5. The van der Waals surface area contributed by atoms with Gasteiger partial charge in [-0.25, -0.2) is 0 Å². The highest BCUT2D eigenvalue weighted by Crippen LogP contribution is 2.45. The van der Waals surface area contributed by atoms with Gasteiger partial charge >= 0.3 is 6.18 Å². The normalized spacial score (nSPS) is 20.7. The first-order chi connectivity index (χ1) is 10.5. The summed E-state index contributed by atoms with van der Waals surface area (Å²) in [4.78, 5) is 8.01. The van der Waals surface area contributed by atoms with Crippen LogP contribution in [-0.4, -0.2) is 22.5 Å². The van der Waals surface area contributed by atoms with Gasteiger partial charge in [0.25, 0.3) is 0 Å². The Kier molecular flexibility index (Phi) is 3.48. The number of halogens is 3. The summed E-state index contributed by atoms with van der Waals surface area (Å²) in [6, 6.07) is 9.05. The highest BCUT2D eigenvalue weighted by atomic mass is 19.4. The molecule has 1 aromatic heterocycles. The lowest BCUT2D eigenvalue weighted by atomic mass is 9.75. The minimum Gasteiger partial charge on any atom is -0.392 e. The van der Waals surface area contributed by atoms with Crippen LogP contribution in [-0.2, 0) is 18.4 Å². The summed E-state index contributed by atoms with van der Waals surface area (Å²) in [7, 11) is 0. The molecule has 3 nitrogen and oxygen atoms in total. The molecule has 1 aromatic carbocycles. The Morgan fingerprint density at radius 2 is 1.86 bits per heavy atom. The largest absolute Gasteiger partial charge is 0.403 e. The highest BCUT2D eigenvalue weighted by Gasteiger charge is 2.56. The molecule has 3 rings (SSSR count). The highest BCUT2D eigenvalue weighted by molar-refractivity contribution is 5.81. The molecule has 0 aliphatic carbocycles. The molecule has 1 atom stereocenters. The fraction of sp³-hybridized carbons (Fsp3) is 0.250. The van der Waals surface area contributed by atoms with E-state index in [1.165, 1.54) is 30.5 Å². The molecule has 114 valence electrons. The van der Waals surface area contributed by atoms with Crippen molar-refractivity contribution in [3.63, 3.8) is 0 Å². The van der Waals surface area contributed by atoms with Crippen LogP contribution in [0.5, 0.6) is 0 Å². The Hall–Kier alpha value is -2.21. The third-order valence-corrected chi connectivity index (χ3v) is 3.89. The zero-order chi connectivity index (χ0) is 15.8. The van der Waals surface area contributed by atoms with Gasteiger partial charge < -0.3 is 5.11 Å². The number of alkyl halides is 3. The van der Waals surface area contributed by atoms with Gasteiger partial charge in [-0.2, -0.15) is 13.2 Å². The Balaban J connectivity index is 2.12. The lowest BCUT2D eigenvalue weighted by molar-refractivity contribution is -0.168. The van der Waals surface area contributed by atoms with Crippen molar-refractivity contribution in [2.24, 2.45) is 4.99 Å². The Labute approximate surface area is 125 Å². The Morgan fingerprint density at radius 3 is 2.50 bits per heavy atom. The van der Waals surface area contributed by atoms with Crippen molar-refractivity contribution in [1.29, 1.82) is 0 Å². The monoisotopic (exact) mass is 306 g/mol. The number of aliphatic imine (C=N–C) groups is 1. The molecule has 2 aromatic rings. The molecule has 22 heavy (non-hydrogen) atoms. The average Bonchev–Trinajstić information content (AvgIpc) is 2.53. The standard InChI is InChI=1S/C16H13F3N2O/c17-16(18,19)15(12-5-3-11(9-22)4-6-12)8-14-13(21-10-15)2-1-7-20-14/h1-7,10,22H,8-9H2. The molecule has 0 amide bonds. The lowest BCUT2D eigenvalue weighted by Crippen LogP contribution is -2.47. The minimum absolute atomic E-state index is 0.0947. The van der Waals surface area contributed by atoms with Gasteiger partial charge in [0.15, 0.2) is 0 Å². The molecule has 0 saturated carbocycles. The van der Waals surface area contributed by atoms with Crippen molar-refractivity contribution in [2.45, 2.75) is 24.6 Å². The van der Waals surface area contributed by atoms with Crippen molar-refractivity contribution >= 4 is 11.9 Å². The van der Waals surface area contributed by atoms with Crippen LogP contribution < -0.4 is 0 Å². The van der Waals surface area contributed by atoms with Crippen LogP contribution in [0.2, 0.25) is 0 Å². The van der Waals surface area contributed by atoms with Gasteiger partial charge in [-0.1, -0.05) is 24.3 Å². The van der Waals surface area contributed by atoms with Crippen molar-refractivity contribution in [2.75, 3.05) is 0 Å². The predicted octanol–water partition coefficient (Wildman–Crippen LogP) is 3.33. The molecule has 0 fully saturated rings. The quantitative estimate of drug-likeness (QED) is 0.925. The molecule has 1 unspecified atom stereocenters. The molecule has 0 radical (unpaired) electrons. The van der Waals surface area contributed by atoms with E-state index in [9.17, 15) is 13.2 Å². The van der Waals surface area contributed by atoms with Gasteiger partial charge in [0.05, 0.1) is 18.0 Å². The fourth-order valence-corrected chi connectivity index (χ4v) is 2.59. The van der Waals surface area contributed by atoms with Crippen LogP contribution in [0.1, 0.15) is 16.8 Å². The molecule has 2 heterocycles. The number of fused-ring (bicyclic) bond motifs is 1. The van der Waals surface area contributed by atoms with Crippen molar-refractivity contribution in [1.82, 2.24) is 4.98 Å². The minimum atomic E-state index is -4.49. The molecule has 0 spiro atoms. The van der Waals surface area contributed by atoms with Crippen LogP contribution >= 0.6 is 0 Å². The van der Waals surface area contributed by atoms with Crippen LogP contribution in [0.15, 0.2) is 47.6 Å². The number of pyridine rings is 1. The second-order valence-electron chi connectivity index (χ2n) is 5.23. The molecule has 0 bridgehead atoms. The van der Waals surface area contributed by atoms with Crippen LogP contribution in [0.25, 0.3) is 0 Å². The summed E-state index contributed by atoms with van der Waals surface area (Å²) in [5.74, 6) is 0. The zero-order valence-corrected chi connectivity index (χ0v) is 11.5. The molecule has 1 N–H and O–H groups in total. The van der Waals surface area contributed by atoms with Crippen molar-refractivity contribution in [3.05, 3.63) is 59.4 Å². The lowest BCUT2D eigenvalue weighted by Gasteiger charge is -2.35. The number of aliphatic hydroxyl groups is 1. The van der Waals surface area contributed by atoms with E-state index in [1.807, 2.05) is 0 Å². The molecular weight excluding hydrogens is 293 g/mol. The van der Waals surface area contributed by atoms with E-state index < -0.39 is 11.6 Å². The van der Waals surface area contributed by atoms with Gasteiger partial charge in [0.2, 0.25) is 0 Å². The Bertz CT molecular complexity index is 710. The van der Waals surface area contributed by atoms with Crippen molar-refractivity contribution in [3.8, 4) is 0 Å². The maximum atomic E-state index is 13.8. The predicted molar refractivity (Wildman–Crippen MR) is 76.2 cm³/mol. The van der Waals surface area contributed by atoms with Crippen LogP contribution in [0.4, 0.5) is 18.9 Å². The molecule has 1 aliphatic heterocycles. The molecular formula is C16H13F3N2O. The van der Waals surface area contributed by atoms with E-state index in [4.69, 9.17) is 5.11 Å². The first-order valence-electron chi connectivity index (χ1n) is 6.72. The molecule has 0 saturated heterocycles. The number of aromatic nitrogens is 1. The summed E-state index contributed by atoms with van der Waals surface area (Å²) >= 11 is 0. The SMILES string of the molecule is OCc1ccc(C2(C(F)(F)F)C=Nc3cccnc3C2)cc1. The smallest absolute Gasteiger partial charge is 0.392 e. The number of rotatable bonds is 2. The van der Waals surface area contributed by atoms with E-state index in [2.05, 4.69) is 9.98 Å². The number of hydrogen-bond acceptors (Lipinski definition) is 3. The summed E-state index contributed by atoms with van der Waals surface area (Å²) in [5.41, 5.74) is -0.741. The summed E-state index contributed by atoms with van der Waals surface area (Å²) in [6.07, 6.45) is -2.35. The van der Waals surface area contributed by atoms with E-state index in [0.29, 0.717) is 16.9 Å². The molecule has 1 aliphatic rings. The first-order valence-corrected chi connectivity index (χ1v) is 6.72. The van der Waals surface area contributed by atoms with E-state index >= 15 is 0 Å². The maximum Gasteiger partial charge on any atom is 0.403 e. The van der Waals surface area contributed by atoms with E-state index in [0.717, 1.165) is 6.21 Å². The van der Waals surface area contributed by atoms with E-state index in [1.54, 1.807) is 12.1 Å². The topological polar surface area (TPSA) is 45.5 Å². The molecule has 6 heteroatoms. The number of benzene rings is 1. The van der Waals surface area contributed by atoms with Gasteiger partial charge in [0, 0.05) is 18.8 Å². The Morgan fingerprint density at radius 1 is 1.14 bits per heavy atom. The fourth-order valence-electron chi connectivity index (χ4n) is 2.59. The van der Waals surface area contributed by atoms with Crippen molar-refractivity contribution < 1.29 is 18.3 Å². The first kappa shape index (κ1) is 14.7. The number of aliphatic hydroxyl groups excluding tert-OH is 1. The summed E-state index contributed by atoms with van der Waals surface area (Å²) < 4.78 is 41.4. The summed E-state index contributed by atoms with van der Waals surface area (Å²) in [6.45, 7) is -0.211. The van der Waals surface area contributed by atoms with Gasteiger partial charge in [-0.15, -0.1) is 0 Å². The third kappa shape index (κ3) is 2.29. The van der Waals surface area contributed by atoms with Crippen LogP contribution in [0.3, 0.4) is 0 Å². The number of nitrogens with zero attached hydrogens (tertiary/aromatic N) is 2. The third-order valence-electron chi connectivity index (χ3n) is 3.89. The second kappa shape index (κ2) is 5.21. The number of hydrogen-bond donors (Lipinski definition) is 1. The second-order valence-corrected chi connectivity index (χ2v) is 5.23. The van der Waals surface area contributed by atoms with Gasteiger partial charge in [-0.05, 0) is 23.3 Å². The van der Waals surface area contributed by atoms with E-state index in [-0.39, 0.29) is 18.6 Å².